The van der Waals surface area contributed by atoms with E-state index in [1.165, 1.54) is 33.3 Å². The fraction of sp³-hybridized carbons (Fsp3) is 0.667. The zero-order valence-corrected chi connectivity index (χ0v) is 22.5. The molecule has 0 heterocycles. The van der Waals surface area contributed by atoms with Crippen molar-refractivity contribution in [3.63, 3.8) is 0 Å². The minimum absolute atomic E-state index is 0.0496. The van der Waals surface area contributed by atoms with Gasteiger partial charge in [0.25, 0.3) is 0 Å². The van der Waals surface area contributed by atoms with Crippen LogP contribution in [0.1, 0.15) is 48.5 Å². The molecule has 31 heavy (non-hydrogen) atoms. The number of carbonyl (C=O) groups is 2. The van der Waals surface area contributed by atoms with E-state index in [-0.39, 0.29) is 5.78 Å². The molecule has 0 amide bonds. The second-order valence-electron chi connectivity index (χ2n) is 8.66. The first-order chi connectivity index (χ1) is 14.1. The van der Waals surface area contributed by atoms with E-state index in [0.717, 1.165) is 5.76 Å². The predicted octanol–water partition coefficient (Wildman–Crippen LogP) is 5.09. The highest BCUT2D eigenvalue weighted by Gasteiger charge is 2.38. The average molecular weight is 459 g/mol. The van der Waals surface area contributed by atoms with Crippen molar-refractivity contribution in [2.75, 3.05) is 14.2 Å². The molecule has 0 aliphatic carbocycles. The van der Waals surface area contributed by atoms with Crippen LogP contribution in [-0.4, -0.2) is 58.0 Å². The smallest absolute Gasteiger partial charge is 0.250 e. The minimum Gasteiger partial charge on any atom is -0.547 e. The summed E-state index contributed by atoms with van der Waals surface area (Å²) in [7, 11) is 1.38. The Kier molecular flexibility index (Phi) is 18.8. The monoisotopic (exact) mass is 458 g/mol. The van der Waals surface area contributed by atoms with Crippen LogP contribution < -0.4 is 0 Å². The summed E-state index contributed by atoms with van der Waals surface area (Å²) in [6.07, 6.45) is 3.94. The van der Waals surface area contributed by atoms with E-state index in [0.29, 0.717) is 11.3 Å². The number of aliphatic hydroxyl groups excluding tert-OH is 1. The lowest BCUT2D eigenvalue weighted by molar-refractivity contribution is -0.126. The molecule has 0 unspecified atom stereocenters. The highest BCUT2D eigenvalue weighted by atomic mass is 28.4. The molecule has 0 aromatic carbocycles. The molecule has 0 rings (SSSR count). The van der Waals surface area contributed by atoms with E-state index in [4.69, 9.17) is 9.16 Å². The van der Waals surface area contributed by atoms with E-state index < -0.39 is 32.5 Å². The van der Waals surface area contributed by atoms with Gasteiger partial charge >= 0.3 is 0 Å². The predicted molar refractivity (Wildman–Crippen MR) is 132 cm³/mol. The summed E-state index contributed by atoms with van der Waals surface area (Å²) in [4.78, 5) is 20.6. The molecule has 0 aromatic heterocycles. The van der Waals surface area contributed by atoms with Crippen LogP contribution in [0.2, 0.25) is 18.1 Å². The molecule has 4 atom stereocenters. The summed E-state index contributed by atoms with van der Waals surface area (Å²) in [5.74, 6) is 0.598. The molecule has 182 valence electrons. The SMILES string of the molecule is C/C=C(/C)O[Si](C)(C)C(C)(C)C.C=C[C@@H](C=O)OC.C=C[C@H](OC)[C@@H](O)[C@H](C)C(C)=O. The Morgan fingerprint density at radius 1 is 1.06 bits per heavy atom. The van der Waals surface area contributed by atoms with Crippen molar-refractivity contribution in [2.45, 2.75) is 84.9 Å². The summed E-state index contributed by atoms with van der Waals surface area (Å²) < 4.78 is 15.4. The van der Waals surface area contributed by atoms with Crippen molar-refractivity contribution in [1.29, 1.82) is 0 Å². The summed E-state index contributed by atoms with van der Waals surface area (Å²) in [6.45, 7) is 25.3. The molecule has 0 spiro atoms. The lowest BCUT2D eigenvalue weighted by Crippen LogP contribution is -2.40. The van der Waals surface area contributed by atoms with Crippen molar-refractivity contribution >= 4 is 20.4 Å². The number of hydrogen-bond donors (Lipinski definition) is 1. The van der Waals surface area contributed by atoms with Crippen LogP contribution in [-0.2, 0) is 23.5 Å². The molecular formula is C24H46O6Si. The van der Waals surface area contributed by atoms with Crippen molar-refractivity contribution in [1.82, 2.24) is 0 Å². The first-order valence-corrected chi connectivity index (χ1v) is 13.3. The molecule has 7 heteroatoms. The second kappa shape index (κ2) is 17.1. The molecule has 0 aliphatic heterocycles. The molecule has 1 N–H and O–H groups in total. The Hall–Kier alpha value is -1.54. The zero-order chi connectivity index (χ0) is 25.4. The first kappa shape index (κ1) is 34.1. The summed E-state index contributed by atoms with van der Waals surface area (Å²) in [6, 6.07) is 0. The highest BCUT2D eigenvalue weighted by Crippen LogP contribution is 2.37. The van der Waals surface area contributed by atoms with Gasteiger partial charge in [-0.3, -0.25) is 4.79 Å². The van der Waals surface area contributed by atoms with E-state index in [1.807, 2.05) is 19.9 Å². The third kappa shape index (κ3) is 15.0. The number of methoxy groups -OCH3 is 2. The normalized spacial score (nSPS) is 15.5. The van der Waals surface area contributed by atoms with Crippen molar-refractivity contribution in [2.24, 2.45) is 5.92 Å². The molecule has 6 nitrogen and oxygen atoms in total. The summed E-state index contributed by atoms with van der Waals surface area (Å²) in [5.41, 5.74) is 0. The molecular weight excluding hydrogens is 412 g/mol. The Morgan fingerprint density at radius 3 is 1.74 bits per heavy atom. The van der Waals surface area contributed by atoms with Gasteiger partial charge < -0.3 is 23.8 Å². The first-order valence-electron chi connectivity index (χ1n) is 10.4. The number of carbonyl (C=O) groups excluding carboxylic acids is 2. The molecule has 0 radical (unpaired) electrons. The minimum atomic E-state index is -1.56. The van der Waals surface area contributed by atoms with Crippen LogP contribution in [0.5, 0.6) is 0 Å². The van der Waals surface area contributed by atoms with Crippen LogP contribution in [0.4, 0.5) is 0 Å². The maximum Gasteiger partial charge on any atom is 0.250 e. The van der Waals surface area contributed by atoms with Gasteiger partial charge in [0.1, 0.15) is 18.0 Å². The standard InChI is InChI=1S/C10H22OSi.C9H16O3.C5H8O2/c1-8-9(2)11-12(6,7)10(3,4)5;1-5-8(12-4)9(11)6(2)7(3)10;1-3-5(4-6)7-2/h8H,1-7H3;5-6,8-9,11H,1H2,2-4H3;3-5H,1H2,2H3/b9-8-;;/t;6-,8+,9+;5-/m.10/s1. The largest absolute Gasteiger partial charge is 0.547 e. The van der Waals surface area contributed by atoms with Crippen molar-refractivity contribution in [3.05, 3.63) is 37.1 Å². The van der Waals surface area contributed by atoms with Crippen LogP contribution in [0, 0.1) is 5.92 Å². The lowest BCUT2D eigenvalue weighted by Gasteiger charge is -2.36. The number of rotatable bonds is 10. The zero-order valence-electron chi connectivity index (χ0n) is 21.5. The third-order valence-electron chi connectivity index (χ3n) is 5.26. The number of aldehydes is 1. The number of aliphatic hydroxyl groups is 1. The topological polar surface area (TPSA) is 82.1 Å². The van der Waals surface area contributed by atoms with E-state index in [9.17, 15) is 14.7 Å². The highest BCUT2D eigenvalue weighted by molar-refractivity contribution is 6.74. The van der Waals surface area contributed by atoms with Crippen LogP contribution >= 0.6 is 0 Å². The second-order valence-corrected chi connectivity index (χ2v) is 13.4. The number of ether oxygens (including phenoxy) is 2. The maximum atomic E-state index is 10.9. The number of ketones is 1. The Morgan fingerprint density at radius 2 is 1.55 bits per heavy atom. The van der Waals surface area contributed by atoms with Gasteiger partial charge in [0, 0.05) is 20.1 Å². The van der Waals surface area contributed by atoms with Crippen LogP contribution in [0.25, 0.3) is 0 Å². The number of Topliss-reactive ketones (excluding diaryl/α,β-unsaturated/α-hetero) is 1. The van der Waals surface area contributed by atoms with E-state index in [2.05, 4.69) is 51.8 Å². The van der Waals surface area contributed by atoms with Crippen LogP contribution in [0.3, 0.4) is 0 Å². The summed E-state index contributed by atoms with van der Waals surface area (Å²) >= 11 is 0. The van der Waals surface area contributed by atoms with Gasteiger partial charge in [-0.25, -0.2) is 0 Å². The Labute approximate surface area is 191 Å². The van der Waals surface area contributed by atoms with E-state index >= 15 is 0 Å². The maximum absolute atomic E-state index is 10.9. The van der Waals surface area contributed by atoms with Gasteiger partial charge in [-0.2, -0.15) is 0 Å². The molecule has 0 saturated heterocycles. The van der Waals surface area contributed by atoms with Crippen molar-refractivity contribution < 1.29 is 28.6 Å². The van der Waals surface area contributed by atoms with Crippen molar-refractivity contribution in [3.8, 4) is 0 Å². The molecule has 0 bridgehead atoms. The molecule has 0 fully saturated rings. The van der Waals surface area contributed by atoms with Crippen LogP contribution in [0.15, 0.2) is 37.1 Å². The van der Waals surface area contributed by atoms with Gasteiger partial charge in [-0.15, -0.1) is 13.2 Å². The molecule has 0 saturated carbocycles. The lowest BCUT2D eigenvalue weighted by atomic mass is 9.96. The molecule has 0 aromatic rings. The third-order valence-corrected chi connectivity index (χ3v) is 9.71. The van der Waals surface area contributed by atoms with E-state index in [1.54, 1.807) is 6.92 Å². The fourth-order valence-corrected chi connectivity index (χ4v) is 2.95. The van der Waals surface area contributed by atoms with Gasteiger partial charge in [-0.05, 0) is 38.9 Å². The number of hydrogen-bond acceptors (Lipinski definition) is 6. The fourth-order valence-electron chi connectivity index (χ4n) is 1.72. The van der Waals surface area contributed by atoms with Gasteiger partial charge in [0.15, 0.2) is 6.29 Å². The average Bonchev–Trinajstić information content (AvgIpc) is 2.69. The quantitative estimate of drug-likeness (QED) is 0.212. The van der Waals surface area contributed by atoms with Gasteiger partial charge in [0.05, 0.1) is 11.9 Å². The number of allylic oxidation sites excluding steroid dienone is 2. The van der Waals surface area contributed by atoms with Gasteiger partial charge in [0.2, 0.25) is 8.32 Å². The summed E-state index contributed by atoms with van der Waals surface area (Å²) in [5, 5.41) is 9.83. The van der Waals surface area contributed by atoms with Gasteiger partial charge in [-0.1, -0.05) is 45.9 Å². The Balaban J connectivity index is -0.000000394. The molecule has 0 aliphatic rings. The Bertz CT molecular complexity index is 553.